The number of aliphatic hydroxyl groups is 1. The Labute approximate surface area is 122 Å². The lowest BCUT2D eigenvalue weighted by Crippen LogP contribution is -2.46. The highest BCUT2D eigenvalue weighted by Gasteiger charge is 2.37. The first-order valence-corrected chi connectivity index (χ1v) is 6.61. The third-order valence-corrected chi connectivity index (χ3v) is 3.26. The summed E-state index contributed by atoms with van der Waals surface area (Å²) in [6.45, 7) is 0.147. The van der Waals surface area contributed by atoms with Gasteiger partial charge in [-0.25, -0.2) is 4.79 Å². The lowest BCUT2D eigenvalue weighted by molar-refractivity contribution is -0.125. The molecule has 0 spiro atoms. The molecule has 7 heteroatoms. The minimum Gasteiger partial charge on any atom is -0.496 e. The summed E-state index contributed by atoms with van der Waals surface area (Å²) < 4.78 is 10.0. The number of carbonyl (C=O) groups excluding carboxylic acids is 2. The Morgan fingerprint density at radius 1 is 1.52 bits per heavy atom. The lowest BCUT2D eigenvalue weighted by atomic mass is 10.2. The molecular formula is C14H18N2O5. The SMILES string of the molecule is COc1ccccc1CNC(=O)[C@@H]1COC(=O)N1CCO. The van der Waals surface area contributed by atoms with E-state index in [1.54, 1.807) is 7.11 Å². The molecule has 1 heterocycles. The highest BCUT2D eigenvalue weighted by Crippen LogP contribution is 2.17. The van der Waals surface area contributed by atoms with Crippen molar-refractivity contribution in [3.63, 3.8) is 0 Å². The molecule has 1 saturated heterocycles. The van der Waals surface area contributed by atoms with Gasteiger partial charge in [0, 0.05) is 18.7 Å². The summed E-state index contributed by atoms with van der Waals surface area (Å²) in [5, 5.41) is 11.7. The molecule has 1 aliphatic heterocycles. The lowest BCUT2D eigenvalue weighted by Gasteiger charge is -2.19. The number of amides is 2. The van der Waals surface area contributed by atoms with Crippen LogP contribution in [0.1, 0.15) is 5.56 Å². The third kappa shape index (κ3) is 3.43. The van der Waals surface area contributed by atoms with Crippen molar-refractivity contribution in [2.24, 2.45) is 0 Å². The van der Waals surface area contributed by atoms with Gasteiger partial charge in [-0.15, -0.1) is 0 Å². The molecule has 0 bridgehead atoms. The summed E-state index contributed by atoms with van der Waals surface area (Å²) in [4.78, 5) is 24.8. The molecule has 2 N–H and O–H groups in total. The van der Waals surface area contributed by atoms with Crippen LogP contribution in [0.3, 0.4) is 0 Å². The van der Waals surface area contributed by atoms with Gasteiger partial charge >= 0.3 is 6.09 Å². The van der Waals surface area contributed by atoms with Crippen LogP contribution in [0.25, 0.3) is 0 Å². The van der Waals surface area contributed by atoms with E-state index in [1.165, 1.54) is 4.90 Å². The topological polar surface area (TPSA) is 88.1 Å². The van der Waals surface area contributed by atoms with Gasteiger partial charge in [0.15, 0.2) is 0 Å². The molecule has 1 aliphatic rings. The molecule has 0 radical (unpaired) electrons. The number of carbonyl (C=O) groups is 2. The van der Waals surface area contributed by atoms with Gasteiger partial charge < -0.3 is 19.9 Å². The minimum atomic E-state index is -0.709. The van der Waals surface area contributed by atoms with Crippen molar-refractivity contribution in [3.8, 4) is 5.75 Å². The predicted molar refractivity (Wildman–Crippen MR) is 73.8 cm³/mol. The normalized spacial score (nSPS) is 17.5. The molecule has 0 unspecified atom stereocenters. The molecule has 1 aromatic carbocycles. The number of hydrogen-bond donors (Lipinski definition) is 2. The molecule has 1 fully saturated rings. The zero-order valence-electron chi connectivity index (χ0n) is 11.7. The fraction of sp³-hybridized carbons (Fsp3) is 0.429. The fourth-order valence-electron chi connectivity index (χ4n) is 2.17. The zero-order chi connectivity index (χ0) is 15.2. The molecule has 2 rings (SSSR count). The second-order valence-corrected chi connectivity index (χ2v) is 4.54. The largest absolute Gasteiger partial charge is 0.496 e. The second kappa shape index (κ2) is 6.94. The number of nitrogens with one attached hydrogen (secondary N) is 1. The van der Waals surface area contributed by atoms with Gasteiger partial charge in [0.1, 0.15) is 18.4 Å². The van der Waals surface area contributed by atoms with Crippen molar-refractivity contribution in [2.75, 3.05) is 26.9 Å². The predicted octanol–water partition coefficient (Wildman–Crippen LogP) is 0.124. The van der Waals surface area contributed by atoms with E-state index < -0.39 is 12.1 Å². The van der Waals surface area contributed by atoms with Crippen LogP contribution < -0.4 is 10.1 Å². The smallest absolute Gasteiger partial charge is 0.410 e. The first-order chi connectivity index (χ1) is 10.2. The Hall–Kier alpha value is -2.28. The highest BCUT2D eigenvalue weighted by molar-refractivity contribution is 5.87. The van der Waals surface area contributed by atoms with Crippen LogP contribution in [0.5, 0.6) is 5.75 Å². The van der Waals surface area contributed by atoms with E-state index in [1.807, 2.05) is 24.3 Å². The number of benzene rings is 1. The van der Waals surface area contributed by atoms with Crippen LogP contribution in [0.15, 0.2) is 24.3 Å². The van der Waals surface area contributed by atoms with E-state index in [2.05, 4.69) is 5.32 Å². The Kier molecular flexibility index (Phi) is 4.99. The number of ether oxygens (including phenoxy) is 2. The summed E-state index contributed by atoms with van der Waals surface area (Å²) in [6.07, 6.45) is -0.582. The summed E-state index contributed by atoms with van der Waals surface area (Å²) in [7, 11) is 1.56. The summed E-state index contributed by atoms with van der Waals surface area (Å²) in [5.74, 6) is 0.365. The molecule has 2 amide bonds. The highest BCUT2D eigenvalue weighted by atomic mass is 16.6. The summed E-state index contributed by atoms with van der Waals surface area (Å²) >= 11 is 0. The molecule has 0 aromatic heterocycles. The minimum absolute atomic E-state index is 0.00338. The first-order valence-electron chi connectivity index (χ1n) is 6.61. The first kappa shape index (κ1) is 15.1. The van der Waals surface area contributed by atoms with Gasteiger partial charge in [-0.1, -0.05) is 18.2 Å². The van der Waals surface area contributed by atoms with Crippen LogP contribution in [0.4, 0.5) is 4.79 Å². The average molecular weight is 294 g/mol. The van der Waals surface area contributed by atoms with Crippen molar-refractivity contribution in [3.05, 3.63) is 29.8 Å². The number of rotatable bonds is 6. The van der Waals surface area contributed by atoms with Gasteiger partial charge in [0.25, 0.3) is 0 Å². The summed E-state index contributed by atoms with van der Waals surface area (Å²) in [6, 6.07) is 6.64. The Morgan fingerprint density at radius 2 is 2.29 bits per heavy atom. The number of methoxy groups -OCH3 is 1. The number of nitrogens with zero attached hydrogens (tertiary/aromatic N) is 1. The van der Waals surface area contributed by atoms with Crippen LogP contribution in [-0.2, 0) is 16.1 Å². The van der Waals surface area contributed by atoms with Gasteiger partial charge in [0.2, 0.25) is 5.91 Å². The van der Waals surface area contributed by atoms with Crippen molar-refractivity contribution >= 4 is 12.0 Å². The Bertz CT molecular complexity index is 520. The molecule has 114 valence electrons. The van der Waals surface area contributed by atoms with Crippen LogP contribution in [0.2, 0.25) is 0 Å². The van der Waals surface area contributed by atoms with Gasteiger partial charge in [0.05, 0.1) is 13.7 Å². The second-order valence-electron chi connectivity index (χ2n) is 4.54. The third-order valence-electron chi connectivity index (χ3n) is 3.26. The Balaban J connectivity index is 1.97. The zero-order valence-corrected chi connectivity index (χ0v) is 11.7. The van der Waals surface area contributed by atoms with Crippen LogP contribution in [0, 0.1) is 0 Å². The van der Waals surface area contributed by atoms with Crippen molar-refractivity contribution in [1.82, 2.24) is 10.2 Å². The molecule has 0 aliphatic carbocycles. The molecule has 1 atom stereocenters. The quantitative estimate of drug-likeness (QED) is 0.778. The number of para-hydroxylation sites is 1. The fourth-order valence-corrected chi connectivity index (χ4v) is 2.17. The van der Waals surface area contributed by atoms with Crippen molar-refractivity contribution in [2.45, 2.75) is 12.6 Å². The standard InChI is InChI=1S/C14H18N2O5/c1-20-12-5-3-2-4-10(12)8-15-13(18)11-9-21-14(19)16(11)6-7-17/h2-5,11,17H,6-9H2,1H3,(H,15,18)/t11-/m0/s1. The van der Waals surface area contributed by atoms with Gasteiger partial charge in [-0.2, -0.15) is 0 Å². The maximum Gasteiger partial charge on any atom is 0.410 e. The maximum atomic E-state index is 12.1. The van der Waals surface area contributed by atoms with Crippen molar-refractivity contribution < 1.29 is 24.2 Å². The van der Waals surface area contributed by atoms with E-state index in [4.69, 9.17) is 14.6 Å². The van der Waals surface area contributed by atoms with E-state index in [9.17, 15) is 9.59 Å². The van der Waals surface area contributed by atoms with Crippen LogP contribution >= 0.6 is 0 Å². The number of aliphatic hydroxyl groups excluding tert-OH is 1. The Morgan fingerprint density at radius 3 is 3.00 bits per heavy atom. The monoisotopic (exact) mass is 294 g/mol. The molecule has 1 aromatic rings. The van der Waals surface area contributed by atoms with E-state index in [-0.39, 0.29) is 25.7 Å². The van der Waals surface area contributed by atoms with Gasteiger partial charge in [-0.05, 0) is 6.07 Å². The maximum absolute atomic E-state index is 12.1. The van der Waals surface area contributed by atoms with E-state index in [0.29, 0.717) is 12.3 Å². The molecule has 21 heavy (non-hydrogen) atoms. The van der Waals surface area contributed by atoms with Gasteiger partial charge in [-0.3, -0.25) is 9.69 Å². The van der Waals surface area contributed by atoms with E-state index in [0.717, 1.165) is 5.56 Å². The molecule has 7 nitrogen and oxygen atoms in total. The number of β-amino-alcohol motifs (C(OH)–C–C–N with tert-alkyl or cyclic N) is 1. The number of hydrogen-bond acceptors (Lipinski definition) is 5. The molecule has 0 saturated carbocycles. The number of cyclic esters (lactones) is 1. The average Bonchev–Trinajstić information content (AvgIpc) is 2.87. The van der Waals surface area contributed by atoms with Crippen LogP contribution in [-0.4, -0.2) is 54.9 Å². The summed E-state index contributed by atoms with van der Waals surface area (Å²) in [5.41, 5.74) is 0.840. The molecular weight excluding hydrogens is 276 g/mol. The van der Waals surface area contributed by atoms with E-state index >= 15 is 0 Å². The van der Waals surface area contributed by atoms with Crippen molar-refractivity contribution in [1.29, 1.82) is 0 Å².